The first kappa shape index (κ1) is 11.9. The van der Waals surface area contributed by atoms with Crippen molar-refractivity contribution in [2.24, 2.45) is 0 Å². The van der Waals surface area contributed by atoms with Crippen LogP contribution in [0.1, 0.15) is 5.56 Å². The monoisotopic (exact) mass is 315 g/mol. The number of pyridine rings is 1. The minimum Gasteiger partial charge on any atom is -0.224 e. The number of hydrogen-bond acceptors (Lipinski definition) is 1. The molecule has 0 N–H and O–H groups in total. The summed E-state index contributed by atoms with van der Waals surface area (Å²) in [4.78, 5) is 4.02. The minimum atomic E-state index is 0.405. The van der Waals surface area contributed by atoms with E-state index in [1.165, 1.54) is 0 Å². The number of rotatable bonds is 1. The maximum absolute atomic E-state index is 6.05. The van der Waals surface area contributed by atoms with Crippen LogP contribution in [0.4, 0.5) is 0 Å². The second kappa shape index (κ2) is 4.74. The lowest BCUT2D eigenvalue weighted by molar-refractivity contribution is 1.32. The number of aromatic nitrogens is 1. The highest BCUT2D eigenvalue weighted by Crippen LogP contribution is 2.30. The van der Waals surface area contributed by atoms with Crippen molar-refractivity contribution in [2.75, 3.05) is 0 Å². The van der Waals surface area contributed by atoms with E-state index in [4.69, 9.17) is 23.2 Å². The maximum Gasteiger partial charge on any atom is 0.138 e. The molecule has 4 heteroatoms. The molecule has 0 atom stereocenters. The first-order chi connectivity index (χ1) is 7.58. The molecule has 0 spiro atoms. The minimum absolute atomic E-state index is 0.405. The predicted molar refractivity (Wildman–Crippen MR) is 72.1 cm³/mol. The fourth-order valence-corrected chi connectivity index (χ4v) is 2.14. The Morgan fingerprint density at radius 1 is 1.12 bits per heavy atom. The van der Waals surface area contributed by atoms with Crippen LogP contribution in [0, 0.1) is 6.92 Å². The molecule has 0 fully saturated rings. The van der Waals surface area contributed by atoms with Crippen molar-refractivity contribution in [2.45, 2.75) is 6.92 Å². The molecule has 1 heterocycles. The van der Waals surface area contributed by atoms with E-state index in [1.807, 2.05) is 25.1 Å². The van der Waals surface area contributed by atoms with Crippen LogP contribution < -0.4 is 0 Å². The van der Waals surface area contributed by atoms with Crippen LogP contribution in [0.5, 0.6) is 0 Å². The van der Waals surface area contributed by atoms with Crippen LogP contribution in [0.2, 0.25) is 10.3 Å². The fraction of sp³-hybridized carbons (Fsp3) is 0.0833. The van der Waals surface area contributed by atoms with Gasteiger partial charge in [-0.1, -0.05) is 51.3 Å². The maximum atomic E-state index is 6.05. The lowest BCUT2D eigenvalue weighted by atomic mass is 10.1. The van der Waals surface area contributed by atoms with E-state index in [0.717, 1.165) is 21.2 Å². The Hall–Kier alpha value is -0.570. The van der Waals surface area contributed by atoms with Crippen molar-refractivity contribution in [1.29, 1.82) is 0 Å². The van der Waals surface area contributed by atoms with Crippen molar-refractivity contribution in [1.82, 2.24) is 4.98 Å². The quantitative estimate of drug-likeness (QED) is 0.665. The van der Waals surface area contributed by atoms with Crippen LogP contribution in [0.15, 0.2) is 34.8 Å². The van der Waals surface area contributed by atoms with Gasteiger partial charge >= 0.3 is 0 Å². The smallest absolute Gasteiger partial charge is 0.138 e. The van der Waals surface area contributed by atoms with Crippen LogP contribution in [0.3, 0.4) is 0 Å². The number of benzene rings is 1. The van der Waals surface area contributed by atoms with Gasteiger partial charge in [-0.3, -0.25) is 0 Å². The third-order valence-electron chi connectivity index (χ3n) is 2.28. The zero-order valence-corrected chi connectivity index (χ0v) is 11.6. The summed E-state index contributed by atoms with van der Waals surface area (Å²) in [6.07, 6.45) is 0. The molecule has 0 saturated heterocycles. The van der Waals surface area contributed by atoms with Crippen molar-refractivity contribution in [3.63, 3.8) is 0 Å². The van der Waals surface area contributed by atoms with Crippen molar-refractivity contribution in [3.05, 3.63) is 50.7 Å². The van der Waals surface area contributed by atoms with Gasteiger partial charge < -0.3 is 0 Å². The van der Waals surface area contributed by atoms with Gasteiger partial charge in [-0.25, -0.2) is 4.98 Å². The Morgan fingerprint density at radius 2 is 1.88 bits per heavy atom. The average molecular weight is 317 g/mol. The van der Waals surface area contributed by atoms with Gasteiger partial charge in [0.25, 0.3) is 0 Å². The molecule has 0 bridgehead atoms. The Kier molecular flexibility index (Phi) is 3.53. The van der Waals surface area contributed by atoms with E-state index in [0.29, 0.717) is 10.3 Å². The molecule has 0 aliphatic carbocycles. The Morgan fingerprint density at radius 3 is 2.50 bits per heavy atom. The molecule has 1 nitrogen and oxygen atoms in total. The van der Waals surface area contributed by atoms with Crippen molar-refractivity contribution in [3.8, 4) is 11.1 Å². The largest absolute Gasteiger partial charge is 0.224 e. The molecule has 0 saturated carbocycles. The highest BCUT2D eigenvalue weighted by atomic mass is 79.9. The normalized spacial score (nSPS) is 10.5. The molecule has 82 valence electrons. The summed E-state index contributed by atoms with van der Waals surface area (Å²) < 4.78 is 1.08. The number of hydrogen-bond donors (Lipinski definition) is 0. The molecule has 1 aromatic carbocycles. The van der Waals surface area contributed by atoms with Crippen LogP contribution in [-0.2, 0) is 0 Å². The van der Waals surface area contributed by atoms with Gasteiger partial charge in [0.2, 0.25) is 0 Å². The van der Waals surface area contributed by atoms with Crippen LogP contribution >= 0.6 is 39.1 Å². The summed E-state index contributed by atoms with van der Waals surface area (Å²) in [5, 5.41) is 0.830. The summed E-state index contributed by atoms with van der Waals surface area (Å²) in [5.41, 5.74) is 3.08. The SMILES string of the molecule is Cc1cc(-c2ccc(Cl)nc2Cl)ccc1Br. The van der Waals surface area contributed by atoms with Gasteiger partial charge in [0, 0.05) is 10.0 Å². The molecule has 2 rings (SSSR count). The van der Waals surface area contributed by atoms with Crippen LogP contribution in [0.25, 0.3) is 11.1 Å². The molecule has 0 radical (unpaired) electrons. The van der Waals surface area contributed by atoms with Gasteiger partial charge in [-0.15, -0.1) is 0 Å². The van der Waals surface area contributed by atoms with Crippen LogP contribution in [-0.4, -0.2) is 4.98 Å². The zero-order valence-electron chi connectivity index (χ0n) is 8.47. The van der Waals surface area contributed by atoms with Gasteiger partial charge in [0.05, 0.1) is 0 Å². The van der Waals surface area contributed by atoms with E-state index in [1.54, 1.807) is 6.07 Å². The molecule has 0 aliphatic rings. The lowest BCUT2D eigenvalue weighted by Crippen LogP contribution is -1.85. The van der Waals surface area contributed by atoms with Crippen molar-refractivity contribution >= 4 is 39.1 Å². The summed E-state index contributed by atoms with van der Waals surface area (Å²) in [6, 6.07) is 9.66. The number of aryl methyl sites for hydroxylation is 1. The molecular weight excluding hydrogens is 309 g/mol. The highest BCUT2D eigenvalue weighted by molar-refractivity contribution is 9.10. The predicted octanol–water partition coefficient (Wildman–Crippen LogP) is 5.13. The van der Waals surface area contributed by atoms with Gasteiger partial charge in [0.1, 0.15) is 10.3 Å². The number of nitrogens with zero attached hydrogens (tertiary/aromatic N) is 1. The van der Waals surface area contributed by atoms with E-state index >= 15 is 0 Å². The number of halogens is 3. The molecule has 16 heavy (non-hydrogen) atoms. The van der Waals surface area contributed by atoms with E-state index in [9.17, 15) is 0 Å². The second-order valence-electron chi connectivity index (χ2n) is 3.44. The third kappa shape index (κ3) is 2.40. The summed E-state index contributed by atoms with van der Waals surface area (Å²) >= 11 is 15.3. The first-order valence-corrected chi connectivity index (χ1v) is 6.21. The average Bonchev–Trinajstić information content (AvgIpc) is 2.22. The van der Waals surface area contributed by atoms with E-state index < -0.39 is 0 Å². The van der Waals surface area contributed by atoms with Gasteiger partial charge in [0.15, 0.2) is 0 Å². The molecule has 2 aromatic rings. The molecule has 1 aromatic heterocycles. The van der Waals surface area contributed by atoms with Gasteiger partial charge in [-0.05, 0) is 36.2 Å². The highest BCUT2D eigenvalue weighted by Gasteiger charge is 2.06. The fourth-order valence-electron chi connectivity index (χ4n) is 1.44. The van der Waals surface area contributed by atoms with E-state index in [2.05, 4.69) is 27.0 Å². The Balaban J connectivity index is 2.54. The summed E-state index contributed by atoms with van der Waals surface area (Å²) in [6.45, 7) is 2.03. The third-order valence-corrected chi connectivity index (χ3v) is 3.67. The van der Waals surface area contributed by atoms with Crippen molar-refractivity contribution < 1.29 is 0 Å². The Bertz CT molecular complexity index is 541. The van der Waals surface area contributed by atoms with Gasteiger partial charge in [-0.2, -0.15) is 0 Å². The van der Waals surface area contributed by atoms with E-state index in [-0.39, 0.29) is 0 Å². The lowest BCUT2D eigenvalue weighted by Gasteiger charge is -2.06. The topological polar surface area (TPSA) is 12.9 Å². The molecular formula is C12H8BrCl2N. The molecule has 0 unspecified atom stereocenters. The first-order valence-electron chi connectivity index (χ1n) is 4.66. The second-order valence-corrected chi connectivity index (χ2v) is 5.04. The summed E-state index contributed by atoms with van der Waals surface area (Å²) in [5.74, 6) is 0. The zero-order chi connectivity index (χ0) is 11.7. The standard InChI is InChI=1S/C12H8BrCl2N/c1-7-6-8(2-4-10(7)13)9-3-5-11(14)16-12(9)15/h2-6H,1H3. The Labute approximate surface area is 113 Å². The summed E-state index contributed by atoms with van der Waals surface area (Å²) in [7, 11) is 0. The molecule has 0 amide bonds. The molecule has 0 aliphatic heterocycles.